The van der Waals surface area contributed by atoms with Gasteiger partial charge in [-0.1, -0.05) is 212 Å². The van der Waals surface area contributed by atoms with Gasteiger partial charge in [0.1, 0.15) is 39.8 Å². The van der Waals surface area contributed by atoms with E-state index in [-0.39, 0.29) is 36.4 Å². The average Bonchev–Trinajstić information content (AvgIpc) is 1.64. The molecule has 3 aliphatic heterocycles. The van der Waals surface area contributed by atoms with Crippen molar-refractivity contribution in [3.63, 3.8) is 0 Å². The SMILES string of the molecule is BrCCCBr.BrCCCOc1ccccc1.CC(C)(C)OC(=O)N(CC1CN(CCCOc2ccccc2)C1)[C@@H]1C[C@H]1c1ccccc1.CC(C)(C)OC(=O)N(CC1CN(CCCOc2ccccc2)C1)[C@@H]1C[C@H]1c1ccccc1.CC(C)(C)OC(=O)N(CC1CNC1)[C@@H]1C[C@H]1c1ccccc1.Oc1ccccc1. The molecule has 6 fully saturated rings. The molecule has 6 atom stereocenters. The van der Waals surface area contributed by atoms with Crippen molar-refractivity contribution in [2.24, 2.45) is 17.8 Å². The number of phenolic OH excluding ortho intramolecular Hbond substituents is 1. The molecule has 3 saturated heterocycles. The molecule has 7 aromatic rings. The molecule has 592 valence electrons. The number of para-hydroxylation sites is 4. The fraction of sp³-hybridized carbons (Fsp3) is 0.500. The van der Waals surface area contributed by atoms with Gasteiger partial charge in [0, 0.05) is 142 Å². The molecule has 0 aromatic heterocycles. The van der Waals surface area contributed by atoms with Gasteiger partial charge < -0.3 is 63.3 Å². The number of hydrogen-bond donors (Lipinski definition) is 2. The molecular weight excluding hydrogens is 1560 g/mol. The summed E-state index contributed by atoms with van der Waals surface area (Å²) in [6.07, 6.45) is 6.88. The predicted molar refractivity (Wildman–Crippen MR) is 452 cm³/mol. The highest BCUT2D eigenvalue weighted by Crippen LogP contribution is 2.48. The van der Waals surface area contributed by atoms with Crippen LogP contribution in [0.15, 0.2) is 212 Å². The molecule has 3 heterocycles. The van der Waals surface area contributed by atoms with Crippen molar-refractivity contribution in [3.8, 4) is 23.0 Å². The Morgan fingerprint density at radius 2 is 0.651 bits per heavy atom. The lowest BCUT2D eigenvalue weighted by Crippen LogP contribution is -2.53. The van der Waals surface area contributed by atoms with E-state index in [4.69, 9.17) is 33.5 Å². The van der Waals surface area contributed by atoms with E-state index < -0.39 is 16.8 Å². The van der Waals surface area contributed by atoms with Gasteiger partial charge in [-0.15, -0.1) is 0 Å². The number of rotatable bonds is 28. The van der Waals surface area contributed by atoms with Crippen LogP contribution >= 0.6 is 47.8 Å². The van der Waals surface area contributed by atoms with Crippen molar-refractivity contribution >= 4 is 66.1 Å². The number of hydrogen-bond acceptors (Lipinski definition) is 13. The third-order valence-electron chi connectivity index (χ3n) is 18.9. The third-order valence-corrected chi connectivity index (χ3v) is 20.6. The maximum absolute atomic E-state index is 13.0. The number of phenols is 1. The summed E-state index contributed by atoms with van der Waals surface area (Å²) < 4.78 is 34.1. The van der Waals surface area contributed by atoms with Crippen molar-refractivity contribution in [1.29, 1.82) is 0 Å². The van der Waals surface area contributed by atoms with Crippen molar-refractivity contribution in [2.75, 3.05) is 108 Å². The summed E-state index contributed by atoms with van der Waals surface area (Å²) in [6.45, 7) is 30.2. The number of halogens is 3. The van der Waals surface area contributed by atoms with Gasteiger partial charge in [0.05, 0.1) is 19.8 Å². The minimum Gasteiger partial charge on any atom is -0.508 e. The maximum Gasteiger partial charge on any atom is 0.410 e. The van der Waals surface area contributed by atoms with E-state index in [1.54, 1.807) is 24.3 Å². The van der Waals surface area contributed by atoms with Crippen LogP contribution in [0, 0.1) is 17.8 Å². The quantitative estimate of drug-likeness (QED) is 0.0272. The summed E-state index contributed by atoms with van der Waals surface area (Å²) in [6, 6.07) is 70.9. The van der Waals surface area contributed by atoms with Gasteiger partial charge in [-0.2, -0.15) is 0 Å². The molecular formula is C90H121Br3N6O10. The van der Waals surface area contributed by atoms with Gasteiger partial charge in [-0.25, -0.2) is 14.4 Å². The van der Waals surface area contributed by atoms with E-state index in [0.29, 0.717) is 41.3 Å². The number of nitrogens with zero attached hydrogens (tertiary/aromatic N) is 5. The molecule has 6 aliphatic rings. The zero-order valence-corrected chi connectivity index (χ0v) is 70.6. The Hall–Kier alpha value is -7.13. The number of aromatic hydroxyl groups is 1. The van der Waals surface area contributed by atoms with Crippen LogP contribution in [-0.2, 0) is 14.2 Å². The van der Waals surface area contributed by atoms with Crippen LogP contribution in [0.2, 0.25) is 0 Å². The summed E-state index contributed by atoms with van der Waals surface area (Å²) in [5.74, 6) is 6.02. The maximum atomic E-state index is 13.0. The summed E-state index contributed by atoms with van der Waals surface area (Å²) in [4.78, 5) is 49.4. The van der Waals surface area contributed by atoms with E-state index in [0.717, 1.165) is 164 Å². The second-order valence-corrected chi connectivity index (χ2v) is 34.3. The summed E-state index contributed by atoms with van der Waals surface area (Å²) in [5.41, 5.74) is 2.57. The van der Waals surface area contributed by atoms with Crippen LogP contribution in [0.3, 0.4) is 0 Å². The average molecular weight is 1690 g/mol. The highest BCUT2D eigenvalue weighted by Gasteiger charge is 2.50. The molecule has 16 nitrogen and oxygen atoms in total. The fourth-order valence-corrected chi connectivity index (χ4v) is 14.8. The first-order chi connectivity index (χ1) is 52.5. The van der Waals surface area contributed by atoms with E-state index >= 15 is 0 Å². The third kappa shape index (κ3) is 33.0. The minimum atomic E-state index is -0.475. The van der Waals surface area contributed by atoms with Crippen LogP contribution in [0.1, 0.15) is 142 Å². The fourth-order valence-electron chi connectivity index (χ4n) is 13.2. The molecule has 7 aromatic carbocycles. The standard InChI is InChI=1S/2C27H36N2O3.C18H26N2O2.C9H11BrO.C6H6O.C3H6Br2/c2*1-27(2,3)32-26(30)29(25-17-24(25)22-11-6-4-7-12-22)20-21-18-28(19-21)15-10-16-31-23-13-8-5-9-14-23;1-18(2,3)22-17(21)20(12-13-10-19-11-13)16-9-15(16)14-7-5-4-6-8-14;10-7-4-8-11-9-5-2-1-3-6-9;7-6-4-2-1-3-5-6;4-2-1-3-5/h2*4-9,11-14,21,24-25H,10,15-20H2,1-3H3;4-8,13,15-16,19H,9-12H2,1-3H3;1-3,5-6H,4,7-8H2;1-5,7H;1-3H2/t2*24-,25+;15-,16+;;;/m000.../s1. The number of alkyl halides is 3. The normalized spacial score (nSPS) is 19.2. The number of ether oxygens (including phenoxy) is 6. The molecule has 0 radical (unpaired) electrons. The molecule has 13 rings (SSSR count). The summed E-state index contributed by atoms with van der Waals surface area (Å²) >= 11 is 9.90. The minimum absolute atomic E-state index is 0.164. The second-order valence-electron chi connectivity index (χ2n) is 31.9. The Balaban J connectivity index is 0.000000181. The van der Waals surface area contributed by atoms with E-state index in [2.05, 4.69) is 136 Å². The summed E-state index contributed by atoms with van der Waals surface area (Å²) in [5, 5.41) is 15.1. The van der Waals surface area contributed by atoms with Crippen molar-refractivity contribution in [3.05, 3.63) is 229 Å². The molecule has 0 bridgehead atoms. The molecule has 2 N–H and O–H groups in total. The predicted octanol–water partition coefficient (Wildman–Crippen LogP) is 19.8. The lowest BCUT2D eigenvalue weighted by Gasteiger charge is -2.42. The lowest BCUT2D eigenvalue weighted by atomic mass is 9.99. The first-order valence-corrected chi connectivity index (χ1v) is 42.6. The van der Waals surface area contributed by atoms with Gasteiger partial charge in [-0.05, 0) is 172 Å². The number of carbonyl (C=O) groups is 3. The van der Waals surface area contributed by atoms with Crippen LogP contribution in [-0.4, -0.2) is 191 Å². The number of likely N-dealkylation sites (tertiary alicyclic amines) is 2. The Morgan fingerprint density at radius 1 is 0.385 bits per heavy atom. The first kappa shape index (κ1) is 87.4. The smallest absolute Gasteiger partial charge is 0.410 e. The van der Waals surface area contributed by atoms with Crippen molar-refractivity contribution in [2.45, 2.75) is 160 Å². The molecule has 3 amide bonds. The van der Waals surface area contributed by atoms with E-state index in [1.807, 2.05) is 192 Å². The number of benzene rings is 7. The Bertz CT molecular complexity index is 3490. The second kappa shape index (κ2) is 45.4. The molecule has 0 spiro atoms. The van der Waals surface area contributed by atoms with E-state index in [9.17, 15) is 14.4 Å². The molecule has 19 heteroatoms. The van der Waals surface area contributed by atoms with Gasteiger partial charge in [0.25, 0.3) is 0 Å². The first-order valence-electron chi connectivity index (χ1n) is 39.2. The van der Waals surface area contributed by atoms with Gasteiger partial charge in [-0.3, -0.25) is 0 Å². The zero-order valence-electron chi connectivity index (χ0n) is 65.9. The van der Waals surface area contributed by atoms with E-state index in [1.165, 1.54) is 23.1 Å². The summed E-state index contributed by atoms with van der Waals surface area (Å²) in [7, 11) is 0. The van der Waals surface area contributed by atoms with Crippen molar-refractivity contribution in [1.82, 2.24) is 29.8 Å². The van der Waals surface area contributed by atoms with Gasteiger partial charge in [0.2, 0.25) is 0 Å². The molecule has 3 saturated carbocycles. The van der Waals surface area contributed by atoms with Gasteiger partial charge in [0.15, 0.2) is 0 Å². The highest BCUT2D eigenvalue weighted by atomic mass is 79.9. The van der Waals surface area contributed by atoms with Gasteiger partial charge >= 0.3 is 18.3 Å². The van der Waals surface area contributed by atoms with Crippen LogP contribution in [0.5, 0.6) is 23.0 Å². The Morgan fingerprint density at radius 3 is 0.890 bits per heavy atom. The Kier molecular flexibility index (Phi) is 36.4. The molecule has 3 aliphatic carbocycles. The van der Waals surface area contributed by atoms with Crippen LogP contribution in [0.4, 0.5) is 14.4 Å². The molecule has 109 heavy (non-hydrogen) atoms. The number of amides is 3. The monoisotopic (exact) mass is 1680 g/mol. The highest BCUT2D eigenvalue weighted by molar-refractivity contribution is 9.09. The number of carbonyl (C=O) groups excluding carboxylic acids is 3. The largest absolute Gasteiger partial charge is 0.508 e. The van der Waals surface area contributed by atoms with Crippen LogP contribution < -0.4 is 19.5 Å². The lowest BCUT2D eigenvalue weighted by molar-refractivity contribution is 0.00635. The molecule has 0 unspecified atom stereocenters. The Labute approximate surface area is 676 Å². The zero-order chi connectivity index (χ0) is 78.0. The van der Waals surface area contributed by atoms with Crippen molar-refractivity contribution < 1.29 is 47.9 Å². The topological polar surface area (TPSA) is 155 Å². The van der Waals surface area contributed by atoms with Crippen LogP contribution in [0.25, 0.3) is 0 Å². The number of nitrogens with one attached hydrogen (secondary N) is 1.